The molecule has 2 atom stereocenters. The number of carbonyl (C=O) groups excluding carboxylic acids is 1. The predicted octanol–water partition coefficient (Wildman–Crippen LogP) is 2.43. The molecule has 2 rings (SSSR count). The molecule has 1 aliphatic heterocycles. The molecule has 0 spiro atoms. The molecule has 110 valence electrons. The minimum atomic E-state index is -4.43. The molecule has 1 aliphatic rings. The normalized spacial score (nSPS) is 23.4. The zero-order valence-corrected chi connectivity index (χ0v) is 11.1. The molecule has 2 N–H and O–H groups in total. The number of rotatable bonds is 2. The summed E-state index contributed by atoms with van der Waals surface area (Å²) in [6.07, 6.45) is -3.60. The van der Waals surface area contributed by atoms with Crippen LogP contribution in [-0.4, -0.2) is 25.0 Å². The maximum atomic E-state index is 12.6. The SMILES string of the molecule is CC1CNCC(NC(=O)c2cccc(C(F)(F)F)c2)C1. The van der Waals surface area contributed by atoms with E-state index in [9.17, 15) is 18.0 Å². The molecule has 1 aromatic rings. The molecule has 2 unspecified atom stereocenters. The summed E-state index contributed by atoms with van der Waals surface area (Å²) in [5, 5.41) is 5.96. The Morgan fingerprint density at radius 2 is 2.10 bits per heavy atom. The first-order chi connectivity index (χ1) is 9.36. The summed E-state index contributed by atoms with van der Waals surface area (Å²) in [7, 11) is 0. The number of halogens is 3. The summed E-state index contributed by atoms with van der Waals surface area (Å²) in [5.41, 5.74) is -0.765. The van der Waals surface area contributed by atoms with Crippen LogP contribution in [0.2, 0.25) is 0 Å². The van der Waals surface area contributed by atoms with Crippen molar-refractivity contribution < 1.29 is 18.0 Å². The van der Waals surface area contributed by atoms with Crippen molar-refractivity contribution in [1.29, 1.82) is 0 Å². The minimum absolute atomic E-state index is 0.0399. The molecule has 0 aliphatic carbocycles. The van der Waals surface area contributed by atoms with Gasteiger partial charge in [0.2, 0.25) is 0 Å². The Morgan fingerprint density at radius 3 is 2.75 bits per heavy atom. The lowest BCUT2D eigenvalue weighted by Crippen LogP contribution is -2.48. The number of piperidine rings is 1. The lowest BCUT2D eigenvalue weighted by molar-refractivity contribution is -0.137. The zero-order chi connectivity index (χ0) is 14.8. The molecule has 0 radical (unpaired) electrons. The van der Waals surface area contributed by atoms with Gasteiger partial charge in [0.05, 0.1) is 5.56 Å². The van der Waals surface area contributed by atoms with Crippen LogP contribution in [0.25, 0.3) is 0 Å². The Kier molecular flexibility index (Phi) is 4.32. The summed E-state index contributed by atoms with van der Waals surface area (Å²) in [6, 6.07) is 4.44. The van der Waals surface area contributed by atoms with E-state index >= 15 is 0 Å². The van der Waals surface area contributed by atoms with Gasteiger partial charge in [0.1, 0.15) is 0 Å². The van der Waals surface area contributed by atoms with Crippen LogP contribution in [0.5, 0.6) is 0 Å². The van der Waals surface area contributed by atoms with E-state index < -0.39 is 17.6 Å². The van der Waals surface area contributed by atoms with Crippen LogP contribution in [0.15, 0.2) is 24.3 Å². The molecule has 1 amide bonds. The van der Waals surface area contributed by atoms with Crippen LogP contribution in [0.3, 0.4) is 0 Å². The largest absolute Gasteiger partial charge is 0.416 e. The summed E-state index contributed by atoms with van der Waals surface area (Å²) >= 11 is 0. The van der Waals surface area contributed by atoms with Crippen molar-refractivity contribution in [3.8, 4) is 0 Å². The van der Waals surface area contributed by atoms with Crippen LogP contribution >= 0.6 is 0 Å². The molecule has 1 fully saturated rings. The number of hydrogen-bond donors (Lipinski definition) is 2. The highest BCUT2D eigenvalue weighted by Gasteiger charge is 2.31. The number of benzene rings is 1. The number of nitrogens with one attached hydrogen (secondary N) is 2. The van der Waals surface area contributed by atoms with E-state index in [4.69, 9.17) is 0 Å². The molecule has 3 nitrogen and oxygen atoms in total. The third-order valence-electron chi connectivity index (χ3n) is 3.36. The summed E-state index contributed by atoms with van der Waals surface area (Å²) in [5.74, 6) is -0.0208. The second-order valence-electron chi connectivity index (χ2n) is 5.25. The highest BCUT2D eigenvalue weighted by Crippen LogP contribution is 2.29. The molecule has 1 aromatic carbocycles. The molecular weight excluding hydrogens is 269 g/mol. The first-order valence-corrected chi connectivity index (χ1v) is 6.55. The van der Waals surface area contributed by atoms with E-state index in [0.717, 1.165) is 25.1 Å². The van der Waals surface area contributed by atoms with E-state index in [1.807, 2.05) is 0 Å². The van der Waals surface area contributed by atoms with Gasteiger partial charge >= 0.3 is 6.18 Å². The fraction of sp³-hybridized carbons (Fsp3) is 0.500. The van der Waals surface area contributed by atoms with Crippen molar-refractivity contribution in [3.63, 3.8) is 0 Å². The Labute approximate surface area is 115 Å². The highest BCUT2D eigenvalue weighted by molar-refractivity contribution is 5.94. The molecule has 0 aromatic heterocycles. The Hall–Kier alpha value is -1.56. The fourth-order valence-corrected chi connectivity index (χ4v) is 2.37. The van der Waals surface area contributed by atoms with Crippen LogP contribution in [0.4, 0.5) is 13.2 Å². The van der Waals surface area contributed by atoms with Crippen molar-refractivity contribution in [2.75, 3.05) is 13.1 Å². The molecule has 1 saturated heterocycles. The number of amides is 1. The van der Waals surface area contributed by atoms with E-state index in [2.05, 4.69) is 17.6 Å². The van der Waals surface area contributed by atoms with Gasteiger partial charge in [-0.15, -0.1) is 0 Å². The monoisotopic (exact) mass is 286 g/mol. The summed E-state index contributed by atoms with van der Waals surface area (Å²) in [6.45, 7) is 3.61. The maximum absolute atomic E-state index is 12.6. The first-order valence-electron chi connectivity index (χ1n) is 6.55. The van der Waals surface area contributed by atoms with Gasteiger partial charge in [0.15, 0.2) is 0 Å². The molecule has 0 saturated carbocycles. The maximum Gasteiger partial charge on any atom is 0.416 e. The second kappa shape index (κ2) is 5.83. The zero-order valence-electron chi connectivity index (χ0n) is 11.1. The molecular formula is C14H17F3N2O. The average molecular weight is 286 g/mol. The topological polar surface area (TPSA) is 41.1 Å². The van der Waals surface area contributed by atoms with Gasteiger partial charge in [-0.1, -0.05) is 13.0 Å². The Morgan fingerprint density at radius 1 is 1.35 bits per heavy atom. The average Bonchev–Trinajstić information content (AvgIpc) is 2.38. The molecule has 1 heterocycles. The summed E-state index contributed by atoms with van der Waals surface area (Å²) < 4.78 is 37.8. The summed E-state index contributed by atoms with van der Waals surface area (Å²) in [4.78, 5) is 12.0. The van der Waals surface area contributed by atoms with Crippen LogP contribution < -0.4 is 10.6 Å². The van der Waals surface area contributed by atoms with Gasteiger partial charge in [-0.25, -0.2) is 0 Å². The quantitative estimate of drug-likeness (QED) is 0.876. The number of hydrogen-bond acceptors (Lipinski definition) is 2. The van der Waals surface area contributed by atoms with Gasteiger partial charge in [-0.2, -0.15) is 13.2 Å². The number of alkyl halides is 3. The highest BCUT2D eigenvalue weighted by atomic mass is 19.4. The number of carbonyl (C=O) groups is 1. The minimum Gasteiger partial charge on any atom is -0.348 e. The Bertz CT molecular complexity index is 488. The molecule has 0 bridgehead atoms. The van der Waals surface area contributed by atoms with Crippen molar-refractivity contribution in [3.05, 3.63) is 35.4 Å². The third-order valence-corrected chi connectivity index (χ3v) is 3.36. The first kappa shape index (κ1) is 14.8. The van der Waals surface area contributed by atoms with E-state index in [0.29, 0.717) is 12.5 Å². The van der Waals surface area contributed by atoms with Crippen molar-refractivity contribution in [1.82, 2.24) is 10.6 Å². The van der Waals surface area contributed by atoms with Gasteiger partial charge in [-0.3, -0.25) is 4.79 Å². The molecule has 20 heavy (non-hydrogen) atoms. The van der Waals surface area contributed by atoms with E-state index in [1.165, 1.54) is 12.1 Å². The van der Waals surface area contributed by atoms with E-state index in [1.54, 1.807) is 0 Å². The van der Waals surface area contributed by atoms with Crippen molar-refractivity contribution in [2.24, 2.45) is 5.92 Å². The molecule has 6 heteroatoms. The van der Waals surface area contributed by atoms with Gasteiger partial charge in [0, 0.05) is 18.2 Å². The third kappa shape index (κ3) is 3.72. The lowest BCUT2D eigenvalue weighted by Gasteiger charge is -2.28. The van der Waals surface area contributed by atoms with Crippen molar-refractivity contribution in [2.45, 2.75) is 25.6 Å². The second-order valence-corrected chi connectivity index (χ2v) is 5.25. The predicted molar refractivity (Wildman–Crippen MR) is 69.3 cm³/mol. The van der Waals surface area contributed by atoms with Gasteiger partial charge in [-0.05, 0) is 37.1 Å². The van der Waals surface area contributed by atoms with Gasteiger partial charge < -0.3 is 10.6 Å². The Balaban J connectivity index is 2.05. The van der Waals surface area contributed by atoms with E-state index in [-0.39, 0.29) is 11.6 Å². The van der Waals surface area contributed by atoms with Crippen LogP contribution in [0.1, 0.15) is 29.3 Å². The lowest BCUT2D eigenvalue weighted by atomic mass is 9.97. The van der Waals surface area contributed by atoms with Crippen LogP contribution in [-0.2, 0) is 6.18 Å². The fourth-order valence-electron chi connectivity index (χ4n) is 2.37. The smallest absolute Gasteiger partial charge is 0.348 e. The standard InChI is InChI=1S/C14H17F3N2O/c1-9-5-12(8-18-7-9)19-13(20)10-3-2-4-11(6-10)14(15,16)17/h2-4,6,9,12,18H,5,7-8H2,1H3,(H,19,20). The van der Waals surface area contributed by atoms with Gasteiger partial charge in [0.25, 0.3) is 5.91 Å². The van der Waals surface area contributed by atoms with Crippen LogP contribution in [0, 0.1) is 5.92 Å². The van der Waals surface area contributed by atoms with Crippen molar-refractivity contribution >= 4 is 5.91 Å².